The predicted molar refractivity (Wildman–Crippen MR) is 75.8 cm³/mol. The molecule has 0 heteroatoms. The molecular weight excluding hydrogens is 192 g/mol. The zero-order valence-electron chi connectivity index (χ0n) is 12.4. The van der Waals surface area contributed by atoms with Crippen LogP contribution in [-0.2, 0) is 0 Å². The molecule has 0 aromatic heterocycles. The van der Waals surface area contributed by atoms with Crippen molar-refractivity contribution in [2.24, 2.45) is 11.3 Å². The van der Waals surface area contributed by atoms with E-state index in [0.717, 1.165) is 5.92 Å². The maximum Gasteiger partial charge on any atom is -0.0274 e. The predicted octanol–water partition coefficient (Wildman–Crippen LogP) is 6.20. The Balaban J connectivity index is 4.46. The Hall–Kier alpha value is 0. The minimum Gasteiger partial charge on any atom is -0.0654 e. The lowest BCUT2D eigenvalue weighted by molar-refractivity contribution is 0.126. The highest BCUT2D eigenvalue weighted by molar-refractivity contribution is 4.82. The molecule has 0 spiro atoms. The van der Waals surface area contributed by atoms with Crippen LogP contribution in [0.2, 0.25) is 0 Å². The van der Waals surface area contributed by atoms with E-state index in [9.17, 15) is 0 Å². The summed E-state index contributed by atoms with van der Waals surface area (Å²) >= 11 is 0. The highest BCUT2D eigenvalue weighted by Gasteiger charge is 2.31. The average Bonchev–Trinajstić information content (AvgIpc) is 2.28. The molecule has 0 heterocycles. The fraction of sp³-hybridized carbons (Fsp3) is 1.00. The number of rotatable bonds is 10. The van der Waals surface area contributed by atoms with E-state index in [1.807, 2.05) is 0 Å². The maximum atomic E-state index is 2.45. The van der Waals surface area contributed by atoms with Gasteiger partial charge in [-0.1, -0.05) is 73.1 Å². The molecule has 0 aliphatic heterocycles. The second-order valence-electron chi connectivity index (χ2n) is 5.83. The molecule has 0 bridgehead atoms. The Bertz CT molecular complexity index is 124. The van der Waals surface area contributed by atoms with E-state index < -0.39 is 0 Å². The standard InChI is InChI=1S/C16H34/c1-6-9-12-16(15(4)5,13-10-7-2)14-11-8-3/h15H,6-14H2,1-5H3. The lowest BCUT2D eigenvalue weighted by Gasteiger charge is -2.38. The van der Waals surface area contributed by atoms with E-state index in [-0.39, 0.29) is 0 Å². The van der Waals surface area contributed by atoms with Crippen molar-refractivity contribution in [3.63, 3.8) is 0 Å². The van der Waals surface area contributed by atoms with Gasteiger partial charge in [-0.3, -0.25) is 0 Å². The summed E-state index contributed by atoms with van der Waals surface area (Å²) in [5.41, 5.74) is 0.655. The van der Waals surface area contributed by atoms with Crippen LogP contribution >= 0.6 is 0 Å². The van der Waals surface area contributed by atoms with E-state index in [1.165, 1.54) is 57.8 Å². The largest absolute Gasteiger partial charge is 0.0654 e. The maximum absolute atomic E-state index is 2.45. The van der Waals surface area contributed by atoms with Gasteiger partial charge in [-0.2, -0.15) is 0 Å². The van der Waals surface area contributed by atoms with Crippen molar-refractivity contribution in [3.8, 4) is 0 Å². The molecule has 0 amide bonds. The molecule has 0 saturated carbocycles. The first-order chi connectivity index (χ1) is 7.63. The summed E-state index contributed by atoms with van der Waals surface area (Å²) in [6.07, 6.45) is 12.7. The molecule has 0 aliphatic carbocycles. The molecule has 0 aromatic carbocycles. The third-order valence-corrected chi connectivity index (χ3v) is 4.31. The van der Waals surface area contributed by atoms with Gasteiger partial charge in [0.1, 0.15) is 0 Å². The van der Waals surface area contributed by atoms with E-state index in [0.29, 0.717) is 5.41 Å². The fourth-order valence-electron chi connectivity index (χ4n) is 2.83. The molecule has 0 rings (SSSR count). The minimum atomic E-state index is 0.655. The third kappa shape index (κ3) is 5.37. The Kier molecular flexibility index (Phi) is 9.07. The molecule has 0 atom stereocenters. The van der Waals surface area contributed by atoms with Crippen LogP contribution in [0.5, 0.6) is 0 Å². The lowest BCUT2D eigenvalue weighted by Crippen LogP contribution is -2.27. The fourth-order valence-corrected chi connectivity index (χ4v) is 2.83. The summed E-state index contributed by atoms with van der Waals surface area (Å²) < 4.78 is 0. The molecule has 16 heavy (non-hydrogen) atoms. The van der Waals surface area contributed by atoms with Crippen molar-refractivity contribution in [1.29, 1.82) is 0 Å². The zero-order valence-corrected chi connectivity index (χ0v) is 12.4. The van der Waals surface area contributed by atoms with Crippen LogP contribution in [0.15, 0.2) is 0 Å². The molecule has 0 fully saturated rings. The third-order valence-electron chi connectivity index (χ3n) is 4.31. The van der Waals surface area contributed by atoms with E-state index in [4.69, 9.17) is 0 Å². The van der Waals surface area contributed by atoms with Crippen LogP contribution in [0.3, 0.4) is 0 Å². The normalized spacial score (nSPS) is 12.4. The highest BCUT2D eigenvalue weighted by Crippen LogP contribution is 2.43. The van der Waals surface area contributed by atoms with Crippen molar-refractivity contribution >= 4 is 0 Å². The lowest BCUT2D eigenvalue weighted by atomic mass is 9.67. The van der Waals surface area contributed by atoms with Gasteiger partial charge in [0, 0.05) is 0 Å². The van der Waals surface area contributed by atoms with E-state index in [1.54, 1.807) is 0 Å². The van der Waals surface area contributed by atoms with E-state index >= 15 is 0 Å². The molecule has 0 N–H and O–H groups in total. The zero-order chi connectivity index (χ0) is 12.4. The van der Waals surface area contributed by atoms with Crippen molar-refractivity contribution in [3.05, 3.63) is 0 Å². The van der Waals surface area contributed by atoms with Gasteiger partial charge in [-0.05, 0) is 30.6 Å². The van der Waals surface area contributed by atoms with E-state index in [2.05, 4.69) is 34.6 Å². The van der Waals surface area contributed by atoms with Gasteiger partial charge in [0.15, 0.2) is 0 Å². The molecular formula is C16H34. The molecule has 0 unspecified atom stereocenters. The molecule has 0 aliphatic rings. The number of hydrogen-bond donors (Lipinski definition) is 0. The second-order valence-corrected chi connectivity index (χ2v) is 5.83. The van der Waals surface area contributed by atoms with Gasteiger partial charge in [-0.25, -0.2) is 0 Å². The van der Waals surface area contributed by atoms with Gasteiger partial charge in [0.05, 0.1) is 0 Å². The minimum absolute atomic E-state index is 0.655. The quantitative estimate of drug-likeness (QED) is 0.416. The molecule has 0 saturated heterocycles. The molecule has 98 valence electrons. The van der Waals surface area contributed by atoms with Crippen LogP contribution in [0.25, 0.3) is 0 Å². The molecule has 0 radical (unpaired) electrons. The first kappa shape index (κ1) is 16.0. The Morgan fingerprint density at radius 1 is 0.688 bits per heavy atom. The molecule has 0 nitrogen and oxygen atoms in total. The second kappa shape index (κ2) is 9.07. The van der Waals surface area contributed by atoms with Crippen LogP contribution in [0, 0.1) is 11.3 Å². The summed E-state index contributed by atoms with van der Waals surface area (Å²) in [5.74, 6) is 0.858. The SMILES string of the molecule is CCCCC(CCCC)(CCCC)C(C)C. The highest BCUT2D eigenvalue weighted by atomic mass is 14.4. The van der Waals surface area contributed by atoms with Gasteiger partial charge in [0.25, 0.3) is 0 Å². The van der Waals surface area contributed by atoms with Gasteiger partial charge in [0.2, 0.25) is 0 Å². The summed E-state index contributed by atoms with van der Waals surface area (Å²) in [7, 11) is 0. The Morgan fingerprint density at radius 2 is 1.00 bits per heavy atom. The van der Waals surface area contributed by atoms with Crippen molar-refractivity contribution < 1.29 is 0 Å². The Labute approximate surface area is 104 Å². The number of hydrogen-bond acceptors (Lipinski definition) is 0. The topological polar surface area (TPSA) is 0 Å². The smallest absolute Gasteiger partial charge is 0.0274 e. The Morgan fingerprint density at radius 3 is 1.19 bits per heavy atom. The van der Waals surface area contributed by atoms with Crippen LogP contribution < -0.4 is 0 Å². The summed E-state index contributed by atoms with van der Waals surface area (Å²) in [6, 6.07) is 0. The summed E-state index contributed by atoms with van der Waals surface area (Å²) in [4.78, 5) is 0. The van der Waals surface area contributed by atoms with Crippen LogP contribution in [-0.4, -0.2) is 0 Å². The monoisotopic (exact) mass is 226 g/mol. The van der Waals surface area contributed by atoms with Crippen molar-refractivity contribution in [2.75, 3.05) is 0 Å². The summed E-state index contributed by atoms with van der Waals surface area (Å²) in [6.45, 7) is 11.9. The van der Waals surface area contributed by atoms with Crippen LogP contribution in [0.4, 0.5) is 0 Å². The number of unbranched alkanes of at least 4 members (excludes halogenated alkanes) is 3. The average molecular weight is 226 g/mol. The van der Waals surface area contributed by atoms with Gasteiger partial charge in [-0.15, -0.1) is 0 Å². The first-order valence-electron chi connectivity index (χ1n) is 7.63. The van der Waals surface area contributed by atoms with Crippen molar-refractivity contribution in [1.82, 2.24) is 0 Å². The summed E-state index contributed by atoms with van der Waals surface area (Å²) in [5, 5.41) is 0. The van der Waals surface area contributed by atoms with Gasteiger partial charge < -0.3 is 0 Å². The first-order valence-corrected chi connectivity index (χ1v) is 7.63. The van der Waals surface area contributed by atoms with Crippen molar-refractivity contribution in [2.45, 2.75) is 92.4 Å². The van der Waals surface area contributed by atoms with Gasteiger partial charge >= 0.3 is 0 Å². The van der Waals surface area contributed by atoms with Crippen LogP contribution in [0.1, 0.15) is 92.4 Å². The molecule has 0 aromatic rings.